The van der Waals surface area contributed by atoms with Crippen LogP contribution in [0.3, 0.4) is 0 Å². The van der Waals surface area contributed by atoms with E-state index in [4.69, 9.17) is 0 Å². The zero-order chi connectivity index (χ0) is 15.0. The molecule has 3 heterocycles. The Morgan fingerprint density at radius 3 is 2.43 bits per heavy atom. The number of rotatable bonds is 3. The van der Waals surface area contributed by atoms with Crippen LogP contribution in [0.25, 0.3) is 0 Å². The maximum atomic E-state index is 12.5. The minimum absolute atomic E-state index is 0.129. The zero-order valence-electron chi connectivity index (χ0n) is 12.2. The normalized spacial score (nSPS) is 18.2. The maximum absolute atomic E-state index is 12.5. The van der Waals surface area contributed by atoms with Crippen molar-refractivity contribution in [2.75, 3.05) is 13.1 Å². The second kappa shape index (κ2) is 5.27. The molecule has 0 unspecified atom stereocenters. The summed E-state index contributed by atoms with van der Waals surface area (Å²) in [4.78, 5) is 8.10. The number of piperidine rings is 1. The molecule has 21 heavy (non-hydrogen) atoms. The lowest BCUT2D eigenvalue weighted by atomic mass is 9.95. The van der Waals surface area contributed by atoms with Crippen LogP contribution < -0.4 is 0 Å². The second-order valence-corrected chi connectivity index (χ2v) is 7.37. The smallest absolute Gasteiger partial charge is 0.262 e. The minimum Gasteiger partial charge on any atom is -0.339 e. The van der Waals surface area contributed by atoms with E-state index in [0.717, 1.165) is 12.8 Å². The minimum atomic E-state index is -3.46. The first-order valence-corrected chi connectivity index (χ1v) is 8.37. The van der Waals surface area contributed by atoms with E-state index in [0.29, 0.717) is 19.0 Å². The molecule has 1 aliphatic heterocycles. The maximum Gasteiger partial charge on any atom is 0.262 e. The van der Waals surface area contributed by atoms with Gasteiger partial charge in [0, 0.05) is 51.2 Å². The van der Waals surface area contributed by atoms with Gasteiger partial charge < -0.3 is 9.13 Å². The molecule has 114 valence electrons. The monoisotopic (exact) mass is 309 g/mol. The molecule has 0 bridgehead atoms. The summed E-state index contributed by atoms with van der Waals surface area (Å²) >= 11 is 0. The first-order chi connectivity index (χ1) is 9.98. The van der Waals surface area contributed by atoms with E-state index in [-0.39, 0.29) is 5.03 Å². The fourth-order valence-electron chi connectivity index (χ4n) is 2.81. The van der Waals surface area contributed by atoms with Gasteiger partial charge in [0.05, 0.1) is 12.7 Å². The lowest BCUT2D eigenvalue weighted by molar-refractivity contribution is 0.313. The molecule has 0 amide bonds. The Kier molecular flexibility index (Phi) is 3.58. The molecule has 7 nitrogen and oxygen atoms in total. The van der Waals surface area contributed by atoms with Crippen molar-refractivity contribution < 1.29 is 8.42 Å². The third-order valence-corrected chi connectivity index (χ3v) is 5.80. The van der Waals surface area contributed by atoms with E-state index in [1.54, 1.807) is 24.1 Å². The second-order valence-electron chi connectivity index (χ2n) is 5.49. The van der Waals surface area contributed by atoms with Gasteiger partial charge in [-0.2, -0.15) is 4.31 Å². The topological polar surface area (TPSA) is 73.0 Å². The molecule has 2 aromatic rings. The van der Waals surface area contributed by atoms with Crippen molar-refractivity contribution in [2.45, 2.75) is 23.8 Å². The highest BCUT2D eigenvalue weighted by atomic mass is 32.2. The van der Waals surface area contributed by atoms with Gasteiger partial charge in [-0.15, -0.1) is 0 Å². The molecule has 0 aliphatic carbocycles. The Balaban J connectivity index is 1.72. The van der Waals surface area contributed by atoms with E-state index >= 15 is 0 Å². The predicted octanol–water partition coefficient (Wildman–Crippen LogP) is 0.722. The van der Waals surface area contributed by atoms with E-state index in [1.165, 1.54) is 16.3 Å². The van der Waals surface area contributed by atoms with Crippen molar-refractivity contribution in [2.24, 2.45) is 14.1 Å². The molecule has 0 atom stereocenters. The predicted molar refractivity (Wildman–Crippen MR) is 77.1 cm³/mol. The molecule has 0 aromatic carbocycles. The molecule has 1 fully saturated rings. The molecule has 0 saturated carbocycles. The summed E-state index contributed by atoms with van der Waals surface area (Å²) in [5, 5.41) is 0.129. The number of nitrogens with zero attached hydrogens (tertiary/aromatic N) is 5. The van der Waals surface area contributed by atoms with Gasteiger partial charge in [-0.1, -0.05) is 0 Å². The quantitative estimate of drug-likeness (QED) is 0.837. The summed E-state index contributed by atoms with van der Waals surface area (Å²) in [6, 6.07) is 0. The molecule has 0 spiro atoms. The molecule has 1 saturated heterocycles. The number of hydrogen-bond donors (Lipinski definition) is 0. The number of sulfonamides is 1. The van der Waals surface area contributed by atoms with Crippen LogP contribution in [0.15, 0.2) is 30.1 Å². The van der Waals surface area contributed by atoms with Crippen molar-refractivity contribution in [3.63, 3.8) is 0 Å². The summed E-state index contributed by atoms with van der Waals surface area (Å²) in [5.74, 6) is 0.368. The summed E-state index contributed by atoms with van der Waals surface area (Å²) < 4.78 is 30.2. The van der Waals surface area contributed by atoms with E-state index in [2.05, 4.69) is 9.97 Å². The van der Waals surface area contributed by atoms with Crippen LogP contribution in [0.1, 0.15) is 24.5 Å². The van der Waals surface area contributed by atoms with Crippen LogP contribution in [0.4, 0.5) is 0 Å². The highest BCUT2D eigenvalue weighted by Crippen LogP contribution is 2.29. The Labute approximate surface area is 124 Å². The lowest BCUT2D eigenvalue weighted by Crippen LogP contribution is -2.38. The number of aromatic nitrogens is 4. The summed E-state index contributed by atoms with van der Waals surface area (Å²) in [5.41, 5.74) is 1.17. The Hall–Kier alpha value is -1.67. The highest BCUT2D eigenvalue weighted by Gasteiger charge is 2.32. The van der Waals surface area contributed by atoms with Crippen molar-refractivity contribution in [3.8, 4) is 0 Å². The lowest BCUT2D eigenvalue weighted by Gasteiger charge is -2.30. The van der Waals surface area contributed by atoms with Crippen LogP contribution >= 0.6 is 0 Å². The average molecular weight is 309 g/mol. The van der Waals surface area contributed by atoms with E-state index in [1.807, 2.05) is 17.8 Å². The summed E-state index contributed by atoms with van der Waals surface area (Å²) in [6.45, 7) is 1.05. The third kappa shape index (κ3) is 2.60. The molecular weight excluding hydrogens is 290 g/mol. The van der Waals surface area contributed by atoms with Crippen LogP contribution in [0.5, 0.6) is 0 Å². The number of hydrogen-bond acceptors (Lipinski definition) is 4. The van der Waals surface area contributed by atoms with Gasteiger partial charge >= 0.3 is 0 Å². The van der Waals surface area contributed by atoms with Crippen LogP contribution in [-0.2, 0) is 24.1 Å². The highest BCUT2D eigenvalue weighted by molar-refractivity contribution is 7.89. The fourth-order valence-corrected chi connectivity index (χ4v) is 4.24. The first kappa shape index (κ1) is 14.3. The Bertz CT molecular complexity index is 725. The van der Waals surface area contributed by atoms with Gasteiger partial charge in [0.1, 0.15) is 0 Å². The van der Waals surface area contributed by atoms with Gasteiger partial charge in [-0.05, 0) is 12.8 Å². The van der Waals surface area contributed by atoms with Crippen molar-refractivity contribution in [1.29, 1.82) is 0 Å². The van der Waals surface area contributed by atoms with Crippen LogP contribution in [0, 0.1) is 0 Å². The molecule has 2 aromatic heterocycles. The third-order valence-electron chi connectivity index (χ3n) is 4.01. The van der Waals surface area contributed by atoms with Crippen LogP contribution in [-0.4, -0.2) is 44.9 Å². The van der Waals surface area contributed by atoms with E-state index < -0.39 is 10.0 Å². The molecular formula is C13H19N5O2S. The summed E-state index contributed by atoms with van der Waals surface area (Å²) in [7, 11) is 0.272. The summed E-state index contributed by atoms with van der Waals surface area (Å²) in [6.07, 6.45) is 8.33. The largest absolute Gasteiger partial charge is 0.339 e. The molecule has 0 N–H and O–H groups in total. The SMILES string of the molecule is Cn1cnc(S(=O)(=O)N2CCC(c3cncn3C)CC2)c1. The van der Waals surface area contributed by atoms with Crippen LogP contribution in [0.2, 0.25) is 0 Å². The van der Waals surface area contributed by atoms with Gasteiger partial charge in [-0.3, -0.25) is 0 Å². The van der Waals surface area contributed by atoms with Gasteiger partial charge in [-0.25, -0.2) is 18.4 Å². The van der Waals surface area contributed by atoms with Gasteiger partial charge in [0.15, 0.2) is 5.03 Å². The molecule has 8 heteroatoms. The van der Waals surface area contributed by atoms with Gasteiger partial charge in [0.2, 0.25) is 0 Å². The molecule has 0 radical (unpaired) electrons. The fraction of sp³-hybridized carbons (Fsp3) is 0.538. The van der Waals surface area contributed by atoms with Crippen molar-refractivity contribution >= 4 is 10.0 Å². The zero-order valence-corrected chi connectivity index (χ0v) is 13.0. The standard InChI is InChI=1S/C13H19N5O2S/c1-16-8-13(15-10-16)21(19,20)18-5-3-11(4-6-18)12-7-14-9-17(12)2/h7-11H,3-6H2,1-2H3. The van der Waals surface area contributed by atoms with Crippen molar-refractivity contribution in [3.05, 3.63) is 30.7 Å². The Morgan fingerprint density at radius 2 is 1.90 bits per heavy atom. The molecule has 1 aliphatic rings. The molecule has 3 rings (SSSR count). The van der Waals surface area contributed by atoms with Crippen molar-refractivity contribution in [1.82, 2.24) is 23.4 Å². The first-order valence-electron chi connectivity index (χ1n) is 6.93. The average Bonchev–Trinajstić information content (AvgIpc) is 3.08. The van der Waals surface area contributed by atoms with Gasteiger partial charge in [0.25, 0.3) is 10.0 Å². The Morgan fingerprint density at radius 1 is 1.19 bits per heavy atom. The number of imidazole rings is 2. The number of aryl methyl sites for hydroxylation is 2. The van der Waals surface area contributed by atoms with E-state index in [9.17, 15) is 8.42 Å².